The van der Waals surface area contributed by atoms with Gasteiger partial charge in [0.25, 0.3) is 5.91 Å². The maximum absolute atomic E-state index is 12.4. The van der Waals surface area contributed by atoms with Crippen molar-refractivity contribution in [1.29, 1.82) is 0 Å². The summed E-state index contributed by atoms with van der Waals surface area (Å²) >= 11 is 6.42. The molecule has 0 saturated carbocycles. The van der Waals surface area contributed by atoms with E-state index in [1.807, 2.05) is 12.1 Å². The molecule has 8 heteroatoms. The Kier molecular flexibility index (Phi) is 5.50. The second kappa shape index (κ2) is 8.20. The maximum atomic E-state index is 12.4. The lowest BCUT2D eigenvalue weighted by molar-refractivity contribution is 0.0978. The Morgan fingerprint density at radius 2 is 1.93 bits per heavy atom. The molecule has 1 aliphatic heterocycles. The van der Waals surface area contributed by atoms with Crippen molar-refractivity contribution in [3.05, 3.63) is 48.0 Å². The first-order chi connectivity index (χ1) is 13.6. The summed E-state index contributed by atoms with van der Waals surface area (Å²) in [5.74, 6) is -0.272. The van der Waals surface area contributed by atoms with Crippen LogP contribution in [-0.2, 0) is 0 Å². The molecule has 1 fully saturated rings. The number of rotatable bonds is 3. The smallest absolute Gasteiger partial charge is 0.257 e. The highest BCUT2D eigenvalue weighted by Crippen LogP contribution is 2.25. The van der Waals surface area contributed by atoms with E-state index in [0.717, 1.165) is 29.5 Å². The molecule has 0 spiro atoms. The molecule has 28 heavy (non-hydrogen) atoms. The number of fused-ring (bicyclic) bond motifs is 1. The molecule has 0 bridgehead atoms. The van der Waals surface area contributed by atoms with Crippen LogP contribution in [0.1, 0.15) is 36.5 Å². The lowest BCUT2D eigenvalue weighted by Gasteiger charge is -2.35. The topological polar surface area (TPSA) is 70.2 Å². The molecule has 4 rings (SSSR count). The predicted molar refractivity (Wildman–Crippen MR) is 118 cm³/mol. The number of amides is 1. The number of nitrogens with zero attached hydrogens (tertiary/aromatic N) is 3. The minimum absolute atomic E-state index is 0.264. The van der Waals surface area contributed by atoms with Crippen LogP contribution in [0.3, 0.4) is 0 Å². The van der Waals surface area contributed by atoms with Gasteiger partial charge in [-0.05, 0) is 80.9 Å². The van der Waals surface area contributed by atoms with Gasteiger partial charge < -0.3 is 10.2 Å². The second-order valence-corrected chi connectivity index (χ2v) is 7.90. The van der Waals surface area contributed by atoms with Crippen molar-refractivity contribution in [2.75, 3.05) is 16.8 Å². The Hall–Kier alpha value is -2.58. The molecule has 1 aromatic heterocycles. The highest BCUT2D eigenvalue weighted by atomic mass is 32.1. The summed E-state index contributed by atoms with van der Waals surface area (Å²) in [4.78, 5) is 14.9. The van der Waals surface area contributed by atoms with Gasteiger partial charge in [-0.2, -0.15) is 8.75 Å². The van der Waals surface area contributed by atoms with Gasteiger partial charge in [0.1, 0.15) is 11.0 Å². The molecule has 1 amide bonds. The molecule has 1 atom stereocenters. The Morgan fingerprint density at radius 3 is 2.71 bits per heavy atom. The van der Waals surface area contributed by atoms with Gasteiger partial charge in [0.2, 0.25) is 0 Å². The van der Waals surface area contributed by atoms with Crippen molar-refractivity contribution in [2.45, 2.75) is 32.2 Å². The largest absolute Gasteiger partial charge is 0.369 e. The van der Waals surface area contributed by atoms with Gasteiger partial charge >= 0.3 is 0 Å². The third kappa shape index (κ3) is 4.13. The average molecular weight is 412 g/mol. The number of carbonyl (C=O) groups is 1. The van der Waals surface area contributed by atoms with Crippen LogP contribution in [-0.4, -0.2) is 32.4 Å². The van der Waals surface area contributed by atoms with E-state index in [1.165, 1.54) is 24.9 Å². The third-order valence-corrected chi connectivity index (χ3v) is 5.76. The van der Waals surface area contributed by atoms with E-state index in [-0.39, 0.29) is 11.0 Å². The summed E-state index contributed by atoms with van der Waals surface area (Å²) in [6.45, 7) is 3.37. The minimum atomic E-state index is -0.272. The van der Waals surface area contributed by atoms with E-state index in [0.29, 0.717) is 17.1 Å². The number of hydrogen-bond donors (Lipinski definition) is 2. The first-order valence-corrected chi connectivity index (χ1v) is 10.5. The van der Waals surface area contributed by atoms with Gasteiger partial charge in [0, 0.05) is 29.5 Å². The quantitative estimate of drug-likeness (QED) is 0.630. The molecule has 6 nitrogen and oxygen atoms in total. The molecule has 2 aromatic carbocycles. The van der Waals surface area contributed by atoms with Gasteiger partial charge in [-0.1, -0.05) is 0 Å². The highest BCUT2D eigenvalue weighted by Gasteiger charge is 2.18. The lowest BCUT2D eigenvalue weighted by atomic mass is 10.0. The van der Waals surface area contributed by atoms with Gasteiger partial charge in [-0.3, -0.25) is 10.1 Å². The molecular formula is C20H21N5OS2. The zero-order chi connectivity index (χ0) is 19.5. The molecule has 1 saturated heterocycles. The maximum Gasteiger partial charge on any atom is 0.257 e. The number of carbonyl (C=O) groups excluding carboxylic acids is 1. The molecule has 144 valence electrons. The first kappa shape index (κ1) is 18.8. The van der Waals surface area contributed by atoms with Crippen molar-refractivity contribution >= 4 is 57.4 Å². The van der Waals surface area contributed by atoms with Crippen LogP contribution >= 0.6 is 23.9 Å². The van der Waals surface area contributed by atoms with Crippen LogP contribution in [0.5, 0.6) is 0 Å². The van der Waals surface area contributed by atoms with Crippen molar-refractivity contribution in [3.8, 4) is 0 Å². The van der Waals surface area contributed by atoms with E-state index in [2.05, 4.69) is 43.3 Å². The SMILES string of the molecule is C[C@H]1CCCCN1c1ccc(NC(=S)NC(=O)c2ccc3nsnc3c2)cc1. The number of thiocarbonyl (C=S) groups is 1. The summed E-state index contributed by atoms with van der Waals surface area (Å²) < 4.78 is 8.30. The number of hydrogen-bond acceptors (Lipinski definition) is 6. The molecule has 1 aliphatic rings. The molecule has 2 heterocycles. The first-order valence-electron chi connectivity index (χ1n) is 9.31. The normalized spacial score (nSPS) is 16.8. The van der Waals surface area contributed by atoms with Crippen LogP contribution < -0.4 is 15.5 Å². The molecule has 2 N–H and O–H groups in total. The number of piperidine rings is 1. The molecule has 0 unspecified atom stereocenters. The van der Waals surface area contributed by atoms with Gasteiger partial charge in [0.15, 0.2) is 5.11 Å². The fourth-order valence-electron chi connectivity index (χ4n) is 3.48. The van der Waals surface area contributed by atoms with Crippen molar-refractivity contribution in [2.24, 2.45) is 0 Å². The number of aromatic nitrogens is 2. The third-order valence-electron chi connectivity index (χ3n) is 5.00. The fourth-order valence-corrected chi connectivity index (χ4v) is 4.21. The summed E-state index contributed by atoms with van der Waals surface area (Å²) in [5, 5.41) is 6.05. The molecule has 0 radical (unpaired) electrons. The van der Waals surface area contributed by atoms with E-state index in [9.17, 15) is 4.79 Å². The predicted octanol–water partition coefficient (Wildman–Crippen LogP) is 4.20. The van der Waals surface area contributed by atoms with Crippen molar-refractivity contribution < 1.29 is 4.79 Å². The molecular weight excluding hydrogens is 390 g/mol. The van der Waals surface area contributed by atoms with E-state index >= 15 is 0 Å². The van der Waals surface area contributed by atoms with E-state index < -0.39 is 0 Å². The Balaban J connectivity index is 1.37. The van der Waals surface area contributed by atoms with Crippen molar-refractivity contribution in [1.82, 2.24) is 14.1 Å². The van der Waals surface area contributed by atoms with Crippen LogP contribution in [0.15, 0.2) is 42.5 Å². The van der Waals surface area contributed by atoms with Crippen LogP contribution in [0, 0.1) is 0 Å². The monoisotopic (exact) mass is 411 g/mol. The minimum Gasteiger partial charge on any atom is -0.369 e. The zero-order valence-corrected chi connectivity index (χ0v) is 17.1. The zero-order valence-electron chi connectivity index (χ0n) is 15.5. The Bertz CT molecular complexity index is 1000. The lowest BCUT2D eigenvalue weighted by Crippen LogP contribution is -2.37. The summed E-state index contributed by atoms with van der Waals surface area (Å²) in [6, 6.07) is 13.9. The Morgan fingerprint density at radius 1 is 1.14 bits per heavy atom. The number of anilines is 2. The summed E-state index contributed by atoms with van der Waals surface area (Å²) in [5.41, 5.74) is 4.05. The van der Waals surface area contributed by atoms with E-state index in [1.54, 1.807) is 18.2 Å². The van der Waals surface area contributed by atoms with Gasteiger partial charge in [-0.15, -0.1) is 0 Å². The molecule has 3 aromatic rings. The molecule has 0 aliphatic carbocycles. The van der Waals surface area contributed by atoms with Crippen LogP contribution in [0.4, 0.5) is 11.4 Å². The Labute approximate surface area is 173 Å². The van der Waals surface area contributed by atoms with Crippen molar-refractivity contribution in [3.63, 3.8) is 0 Å². The standard InChI is InChI=1S/C20H21N5OS2/c1-13-4-2-3-11-25(13)16-8-6-15(7-9-16)21-20(27)22-19(26)14-5-10-17-18(12-14)24-28-23-17/h5-10,12-13H,2-4,11H2,1H3,(H2,21,22,26,27)/t13-/m0/s1. The number of nitrogens with one attached hydrogen (secondary N) is 2. The summed E-state index contributed by atoms with van der Waals surface area (Å²) in [7, 11) is 0. The van der Waals surface area contributed by atoms with Crippen LogP contribution in [0.25, 0.3) is 11.0 Å². The second-order valence-electron chi connectivity index (χ2n) is 6.96. The fraction of sp³-hybridized carbons (Fsp3) is 0.300. The number of benzene rings is 2. The van der Waals surface area contributed by atoms with E-state index in [4.69, 9.17) is 12.2 Å². The summed E-state index contributed by atoms with van der Waals surface area (Å²) in [6.07, 6.45) is 3.78. The van der Waals surface area contributed by atoms with Gasteiger partial charge in [-0.25, -0.2) is 0 Å². The van der Waals surface area contributed by atoms with Crippen LogP contribution in [0.2, 0.25) is 0 Å². The highest BCUT2D eigenvalue weighted by molar-refractivity contribution is 7.80. The average Bonchev–Trinajstić information content (AvgIpc) is 3.17. The van der Waals surface area contributed by atoms with Gasteiger partial charge in [0.05, 0.1) is 11.7 Å².